The topological polar surface area (TPSA) is 74.1 Å². The number of hydrogen-bond acceptors (Lipinski definition) is 4. The maximum atomic E-state index is 5.91. The molecular weight excluding hydrogens is 270 g/mol. The van der Waals surface area contributed by atoms with Gasteiger partial charge in [-0.25, -0.2) is 0 Å². The molecule has 6 heteroatoms. The van der Waals surface area contributed by atoms with Crippen molar-refractivity contribution in [2.45, 2.75) is 37.8 Å². The monoisotopic (exact) mass is 299 g/mol. The molecular formula is C14H29N5S. The van der Waals surface area contributed by atoms with Crippen molar-refractivity contribution in [1.82, 2.24) is 21.3 Å². The zero-order chi connectivity index (χ0) is 15.4. The van der Waals surface area contributed by atoms with Crippen LogP contribution in [0.15, 0.2) is 0 Å². The van der Waals surface area contributed by atoms with Crippen LogP contribution in [0, 0.1) is 12.3 Å². The van der Waals surface area contributed by atoms with E-state index in [2.05, 4.69) is 34.1 Å². The molecule has 0 rings (SSSR count). The molecule has 0 saturated carbocycles. The molecule has 1 atom stereocenters. The lowest BCUT2D eigenvalue weighted by atomic mass is 10.00. The first-order chi connectivity index (χ1) is 9.53. The molecule has 0 aliphatic carbocycles. The summed E-state index contributed by atoms with van der Waals surface area (Å²) in [6, 6.07) is 0.294. The third-order valence-corrected chi connectivity index (χ3v) is 3.36. The number of nitrogens with one attached hydrogen (secondary N) is 4. The summed E-state index contributed by atoms with van der Waals surface area (Å²) < 4.78 is 0. The summed E-state index contributed by atoms with van der Waals surface area (Å²) >= 11 is 5.38. The molecule has 0 aliphatic rings. The van der Waals surface area contributed by atoms with Crippen LogP contribution < -0.4 is 27.0 Å². The minimum Gasteiger partial charge on any atom is -0.360 e. The van der Waals surface area contributed by atoms with Crippen LogP contribution in [-0.2, 0) is 0 Å². The number of nitrogens with two attached hydrogens (primary N) is 1. The minimum atomic E-state index is -0.286. The Hall–Kier alpha value is -0.870. The van der Waals surface area contributed by atoms with Crippen LogP contribution in [0.2, 0.25) is 0 Å². The van der Waals surface area contributed by atoms with E-state index in [9.17, 15) is 0 Å². The van der Waals surface area contributed by atoms with Crippen molar-refractivity contribution >= 4 is 17.3 Å². The summed E-state index contributed by atoms with van der Waals surface area (Å²) in [5, 5.41) is 13.6. The summed E-state index contributed by atoms with van der Waals surface area (Å²) in [6.07, 6.45) is 8.05. The average molecular weight is 299 g/mol. The van der Waals surface area contributed by atoms with Crippen LogP contribution in [0.3, 0.4) is 0 Å². The molecule has 20 heavy (non-hydrogen) atoms. The van der Waals surface area contributed by atoms with E-state index in [0.717, 1.165) is 32.4 Å². The van der Waals surface area contributed by atoms with E-state index < -0.39 is 0 Å². The van der Waals surface area contributed by atoms with Crippen LogP contribution >= 0.6 is 12.2 Å². The van der Waals surface area contributed by atoms with E-state index in [-0.39, 0.29) is 5.54 Å². The number of thiocarbonyl (C=S) groups is 1. The maximum Gasteiger partial charge on any atom is 0.167 e. The second-order valence-electron chi connectivity index (χ2n) is 5.14. The lowest BCUT2D eigenvalue weighted by Gasteiger charge is -2.35. The fourth-order valence-electron chi connectivity index (χ4n) is 2.11. The highest BCUT2D eigenvalue weighted by molar-refractivity contribution is 7.80. The van der Waals surface area contributed by atoms with Crippen LogP contribution in [-0.4, -0.2) is 50.4 Å². The molecule has 0 saturated heterocycles. The Labute approximate surface area is 128 Å². The first-order valence-electron chi connectivity index (χ1n) is 7.05. The van der Waals surface area contributed by atoms with Gasteiger partial charge in [-0.3, -0.25) is 0 Å². The highest BCUT2D eigenvalue weighted by Crippen LogP contribution is 2.02. The van der Waals surface area contributed by atoms with Crippen molar-refractivity contribution in [2.24, 2.45) is 5.73 Å². The Balaban J connectivity index is 4.34. The first-order valence-corrected chi connectivity index (χ1v) is 7.45. The van der Waals surface area contributed by atoms with Gasteiger partial charge in [0.15, 0.2) is 5.11 Å². The van der Waals surface area contributed by atoms with E-state index >= 15 is 0 Å². The molecule has 5 nitrogen and oxygen atoms in total. The smallest absolute Gasteiger partial charge is 0.167 e. The third kappa shape index (κ3) is 7.65. The molecule has 0 unspecified atom stereocenters. The third-order valence-electron chi connectivity index (χ3n) is 3.14. The number of unbranched alkanes of at least 4 members (excludes halogenated alkanes) is 1. The summed E-state index contributed by atoms with van der Waals surface area (Å²) in [5.41, 5.74) is 5.62. The Morgan fingerprint density at radius 3 is 2.40 bits per heavy atom. The van der Waals surface area contributed by atoms with Gasteiger partial charge in [0.2, 0.25) is 0 Å². The van der Waals surface area contributed by atoms with E-state index in [0.29, 0.717) is 17.7 Å². The van der Waals surface area contributed by atoms with Gasteiger partial charge in [0.25, 0.3) is 0 Å². The summed E-state index contributed by atoms with van der Waals surface area (Å²) in [7, 11) is 3.81. The molecule has 0 aromatic carbocycles. The van der Waals surface area contributed by atoms with Crippen LogP contribution in [0.1, 0.15) is 26.2 Å². The molecule has 0 spiro atoms. The van der Waals surface area contributed by atoms with Gasteiger partial charge in [-0.2, -0.15) is 0 Å². The van der Waals surface area contributed by atoms with Crippen molar-refractivity contribution in [2.75, 3.05) is 33.7 Å². The van der Waals surface area contributed by atoms with E-state index in [1.807, 2.05) is 14.1 Å². The number of rotatable bonds is 10. The van der Waals surface area contributed by atoms with Crippen molar-refractivity contribution < 1.29 is 0 Å². The highest BCUT2D eigenvalue weighted by atomic mass is 32.1. The quantitative estimate of drug-likeness (QED) is 0.218. The molecule has 0 bridgehead atoms. The SMILES string of the molecule is C#CCCC[C@H](C)NC(=S)NC(CN)(CNC)CNC. The normalized spacial score (nSPS) is 12.6. The predicted molar refractivity (Wildman–Crippen MR) is 90.7 cm³/mol. The first kappa shape index (κ1) is 19.1. The van der Waals surface area contributed by atoms with Crippen molar-refractivity contribution in [3.05, 3.63) is 0 Å². The molecule has 0 aliphatic heterocycles. The lowest BCUT2D eigenvalue weighted by Crippen LogP contribution is -2.65. The average Bonchev–Trinajstić information content (AvgIpc) is 2.39. The molecule has 6 N–H and O–H groups in total. The lowest BCUT2D eigenvalue weighted by molar-refractivity contribution is 0.358. The van der Waals surface area contributed by atoms with Gasteiger partial charge in [-0.05, 0) is 46.1 Å². The molecule has 0 aromatic heterocycles. The molecule has 116 valence electrons. The Morgan fingerprint density at radius 1 is 1.35 bits per heavy atom. The minimum absolute atomic E-state index is 0.286. The van der Waals surface area contributed by atoms with Gasteiger partial charge in [-0.15, -0.1) is 12.3 Å². The number of hydrogen-bond donors (Lipinski definition) is 5. The summed E-state index contributed by atoms with van der Waals surface area (Å²) in [5.74, 6) is 2.65. The largest absolute Gasteiger partial charge is 0.360 e. The highest BCUT2D eigenvalue weighted by Gasteiger charge is 2.28. The van der Waals surface area contributed by atoms with E-state index in [1.165, 1.54) is 0 Å². The van der Waals surface area contributed by atoms with Gasteiger partial charge in [0.05, 0.1) is 5.54 Å². The van der Waals surface area contributed by atoms with Crippen LogP contribution in [0.4, 0.5) is 0 Å². The molecule has 0 radical (unpaired) electrons. The van der Waals surface area contributed by atoms with Crippen molar-refractivity contribution in [3.63, 3.8) is 0 Å². The van der Waals surface area contributed by atoms with Gasteiger partial charge in [-0.1, -0.05) is 0 Å². The fourth-order valence-corrected chi connectivity index (χ4v) is 2.52. The number of terminal acetylenes is 1. The standard InChI is InChI=1S/C14H29N5S/c1-5-6-7-8-12(2)18-13(20)19-14(9-15,10-16-3)11-17-4/h1,12,16-17H,6-11,15H2,2-4H3,(H2,18,19,20)/t12-/m0/s1. The molecule has 0 fully saturated rings. The fraction of sp³-hybridized carbons (Fsp3) is 0.786. The van der Waals surface area contributed by atoms with Crippen LogP contribution in [0.25, 0.3) is 0 Å². The second kappa shape index (κ2) is 10.9. The molecule has 0 amide bonds. The summed E-state index contributed by atoms with van der Waals surface area (Å²) in [6.45, 7) is 4.06. The maximum absolute atomic E-state index is 5.91. The summed E-state index contributed by atoms with van der Waals surface area (Å²) in [4.78, 5) is 0. The zero-order valence-corrected chi connectivity index (χ0v) is 13.7. The van der Waals surface area contributed by atoms with E-state index in [1.54, 1.807) is 0 Å². The second-order valence-corrected chi connectivity index (χ2v) is 5.55. The predicted octanol–water partition coefficient (Wildman–Crippen LogP) is -0.221. The molecule has 0 aromatic rings. The Kier molecular flexibility index (Phi) is 10.4. The Bertz CT molecular complexity index is 307. The van der Waals surface area contributed by atoms with Gasteiger partial charge >= 0.3 is 0 Å². The Morgan fingerprint density at radius 2 is 1.95 bits per heavy atom. The van der Waals surface area contributed by atoms with Crippen molar-refractivity contribution in [1.29, 1.82) is 0 Å². The van der Waals surface area contributed by atoms with Gasteiger partial charge in [0, 0.05) is 32.1 Å². The zero-order valence-electron chi connectivity index (χ0n) is 12.9. The van der Waals surface area contributed by atoms with Crippen LogP contribution in [0.5, 0.6) is 0 Å². The van der Waals surface area contributed by atoms with E-state index in [4.69, 9.17) is 24.4 Å². The van der Waals surface area contributed by atoms with Gasteiger partial charge < -0.3 is 27.0 Å². The van der Waals surface area contributed by atoms with Gasteiger partial charge in [0.1, 0.15) is 0 Å². The number of likely N-dealkylation sites (N-methyl/N-ethyl adjacent to an activating group) is 2. The molecule has 0 heterocycles. The van der Waals surface area contributed by atoms with Crippen molar-refractivity contribution in [3.8, 4) is 12.3 Å².